The lowest BCUT2D eigenvalue weighted by Gasteiger charge is -2.13. The maximum Gasteiger partial charge on any atom is 0.263 e. The van der Waals surface area contributed by atoms with E-state index in [2.05, 4.69) is 58.3 Å². The maximum atomic E-state index is 5.51. The van der Waals surface area contributed by atoms with Crippen molar-refractivity contribution < 1.29 is 4.52 Å². The summed E-state index contributed by atoms with van der Waals surface area (Å²) in [4.78, 5) is 13.5. The van der Waals surface area contributed by atoms with Gasteiger partial charge in [-0.1, -0.05) is 29.4 Å². The molecule has 0 saturated carbocycles. The summed E-state index contributed by atoms with van der Waals surface area (Å²) in [7, 11) is 0. The molecule has 0 aliphatic carbocycles. The molecule has 4 heterocycles. The topological polar surface area (TPSA) is 82.0 Å². The zero-order chi connectivity index (χ0) is 20.7. The number of pyridine rings is 1. The Bertz CT molecular complexity index is 1350. The highest BCUT2D eigenvalue weighted by atomic mass is 16.5. The van der Waals surface area contributed by atoms with Gasteiger partial charge in [0.25, 0.3) is 5.89 Å². The SMILES string of the molecule is Cc1ccccc1Cc1c(C)nc2c(-c3nc(-c4cccnc4)no3)cnn2c1C. The van der Waals surface area contributed by atoms with Crippen molar-refractivity contribution in [2.75, 3.05) is 0 Å². The van der Waals surface area contributed by atoms with E-state index in [0.29, 0.717) is 22.9 Å². The van der Waals surface area contributed by atoms with Crippen LogP contribution < -0.4 is 0 Å². The number of nitrogens with zero attached hydrogens (tertiary/aromatic N) is 6. The van der Waals surface area contributed by atoms with Gasteiger partial charge in [0.1, 0.15) is 5.56 Å². The highest BCUT2D eigenvalue weighted by Gasteiger charge is 2.20. The van der Waals surface area contributed by atoms with Crippen molar-refractivity contribution in [3.8, 4) is 22.8 Å². The van der Waals surface area contributed by atoms with Crippen LogP contribution in [0.1, 0.15) is 28.1 Å². The fourth-order valence-corrected chi connectivity index (χ4v) is 3.66. The molecule has 0 amide bonds. The molecular weight excluding hydrogens is 376 g/mol. The van der Waals surface area contributed by atoms with Crippen LogP contribution in [0.25, 0.3) is 28.5 Å². The Balaban J connectivity index is 1.57. The molecule has 0 aliphatic rings. The molecule has 7 nitrogen and oxygen atoms in total. The van der Waals surface area contributed by atoms with Crippen molar-refractivity contribution in [3.05, 3.63) is 83.1 Å². The summed E-state index contributed by atoms with van der Waals surface area (Å²) in [6.07, 6.45) is 5.95. The van der Waals surface area contributed by atoms with Gasteiger partial charge in [-0.15, -0.1) is 0 Å². The third kappa shape index (κ3) is 3.04. The van der Waals surface area contributed by atoms with E-state index in [0.717, 1.165) is 23.4 Å². The molecule has 7 heteroatoms. The molecule has 0 unspecified atom stereocenters. The van der Waals surface area contributed by atoms with Crippen molar-refractivity contribution in [1.29, 1.82) is 0 Å². The fraction of sp³-hybridized carbons (Fsp3) is 0.174. The van der Waals surface area contributed by atoms with E-state index in [9.17, 15) is 0 Å². The quantitative estimate of drug-likeness (QED) is 0.449. The summed E-state index contributed by atoms with van der Waals surface area (Å²) in [5.74, 6) is 0.879. The molecule has 4 aromatic heterocycles. The first-order valence-corrected chi connectivity index (χ1v) is 9.74. The molecule has 148 valence electrons. The van der Waals surface area contributed by atoms with Gasteiger partial charge in [0.05, 0.1) is 6.20 Å². The normalized spacial score (nSPS) is 11.3. The lowest BCUT2D eigenvalue weighted by atomic mass is 9.99. The Hall–Kier alpha value is -3.87. The minimum Gasteiger partial charge on any atom is -0.333 e. The van der Waals surface area contributed by atoms with E-state index >= 15 is 0 Å². The van der Waals surface area contributed by atoms with Crippen molar-refractivity contribution in [1.82, 2.24) is 29.7 Å². The van der Waals surface area contributed by atoms with Gasteiger partial charge in [0, 0.05) is 35.8 Å². The second kappa shape index (κ2) is 7.18. The Kier molecular flexibility index (Phi) is 4.35. The van der Waals surface area contributed by atoms with Gasteiger partial charge in [-0.05, 0) is 49.6 Å². The lowest BCUT2D eigenvalue weighted by Crippen LogP contribution is -2.07. The maximum absolute atomic E-state index is 5.51. The summed E-state index contributed by atoms with van der Waals surface area (Å²) < 4.78 is 7.36. The van der Waals surface area contributed by atoms with Gasteiger partial charge in [-0.25, -0.2) is 9.50 Å². The molecular formula is C23H20N6O. The van der Waals surface area contributed by atoms with E-state index in [1.54, 1.807) is 18.6 Å². The lowest BCUT2D eigenvalue weighted by molar-refractivity contribution is 0.432. The molecule has 5 aromatic rings. The largest absolute Gasteiger partial charge is 0.333 e. The molecule has 0 N–H and O–H groups in total. The highest BCUT2D eigenvalue weighted by molar-refractivity contribution is 5.72. The van der Waals surface area contributed by atoms with Crippen molar-refractivity contribution in [2.24, 2.45) is 0 Å². The Morgan fingerprint density at radius 1 is 0.967 bits per heavy atom. The molecule has 0 bridgehead atoms. The van der Waals surface area contributed by atoms with E-state index < -0.39 is 0 Å². The van der Waals surface area contributed by atoms with E-state index in [1.807, 2.05) is 23.6 Å². The number of hydrogen-bond donors (Lipinski definition) is 0. The first kappa shape index (κ1) is 18.2. The molecule has 0 spiro atoms. The number of benzene rings is 1. The van der Waals surface area contributed by atoms with E-state index in [4.69, 9.17) is 9.51 Å². The number of hydrogen-bond acceptors (Lipinski definition) is 6. The third-order valence-electron chi connectivity index (χ3n) is 5.41. The van der Waals surface area contributed by atoms with Gasteiger partial charge in [-0.2, -0.15) is 10.1 Å². The van der Waals surface area contributed by atoms with Crippen LogP contribution in [-0.2, 0) is 6.42 Å². The monoisotopic (exact) mass is 396 g/mol. The Labute approximate surface area is 173 Å². The average Bonchev–Trinajstić information content (AvgIpc) is 3.40. The number of rotatable bonds is 4. The first-order valence-electron chi connectivity index (χ1n) is 9.74. The zero-order valence-corrected chi connectivity index (χ0v) is 17.0. The van der Waals surface area contributed by atoms with Crippen molar-refractivity contribution >= 4 is 5.65 Å². The van der Waals surface area contributed by atoms with E-state index in [-0.39, 0.29) is 0 Å². The third-order valence-corrected chi connectivity index (χ3v) is 5.41. The van der Waals surface area contributed by atoms with Crippen LogP contribution in [0.5, 0.6) is 0 Å². The zero-order valence-electron chi connectivity index (χ0n) is 17.0. The van der Waals surface area contributed by atoms with Crippen molar-refractivity contribution in [3.63, 3.8) is 0 Å². The van der Waals surface area contributed by atoms with Gasteiger partial charge < -0.3 is 4.52 Å². The van der Waals surface area contributed by atoms with Crippen molar-refractivity contribution in [2.45, 2.75) is 27.2 Å². The van der Waals surface area contributed by atoms with Crippen LogP contribution >= 0.6 is 0 Å². The summed E-state index contributed by atoms with van der Waals surface area (Å²) in [6, 6.07) is 12.1. The highest BCUT2D eigenvalue weighted by Crippen LogP contribution is 2.27. The summed E-state index contributed by atoms with van der Waals surface area (Å²) >= 11 is 0. The number of fused-ring (bicyclic) bond motifs is 1. The number of aromatic nitrogens is 6. The molecule has 0 atom stereocenters. The molecule has 0 saturated heterocycles. The van der Waals surface area contributed by atoms with Gasteiger partial charge in [0.15, 0.2) is 5.65 Å². The fourth-order valence-electron chi connectivity index (χ4n) is 3.66. The standard InChI is InChI=1S/C23H20N6O/c1-14-7-4-5-8-17(14)11-19-15(2)26-22-20(13-25-29(22)16(19)3)23-27-21(28-30-23)18-9-6-10-24-12-18/h4-10,12-13H,11H2,1-3H3. The van der Waals surface area contributed by atoms with Gasteiger partial charge in [0.2, 0.25) is 5.82 Å². The summed E-state index contributed by atoms with van der Waals surface area (Å²) in [5, 5.41) is 8.64. The molecule has 1 aromatic carbocycles. The van der Waals surface area contributed by atoms with E-state index in [1.165, 1.54) is 16.7 Å². The molecule has 0 radical (unpaired) electrons. The van der Waals surface area contributed by atoms with Gasteiger partial charge >= 0.3 is 0 Å². The van der Waals surface area contributed by atoms with Crippen LogP contribution in [0.3, 0.4) is 0 Å². The molecule has 0 aliphatic heterocycles. The average molecular weight is 396 g/mol. The first-order chi connectivity index (χ1) is 14.6. The van der Waals surface area contributed by atoms with Crippen LogP contribution in [0, 0.1) is 20.8 Å². The van der Waals surface area contributed by atoms with Gasteiger partial charge in [-0.3, -0.25) is 4.98 Å². The molecule has 30 heavy (non-hydrogen) atoms. The molecule has 5 rings (SSSR count). The van der Waals surface area contributed by atoms with Crippen LogP contribution in [0.2, 0.25) is 0 Å². The Morgan fingerprint density at radius 3 is 2.63 bits per heavy atom. The molecule has 0 fully saturated rings. The second-order valence-corrected chi connectivity index (χ2v) is 7.32. The predicted molar refractivity (Wildman–Crippen MR) is 113 cm³/mol. The summed E-state index contributed by atoms with van der Waals surface area (Å²) in [5.41, 5.74) is 7.97. The number of aryl methyl sites for hydroxylation is 3. The van der Waals surface area contributed by atoms with Crippen LogP contribution in [0.4, 0.5) is 0 Å². The minimum atomic E-state index is 0.391. The van der Waals surface area contributed by atoms with Crippen LogP contribution in [-0.4, -0.2) is 29.7 Å². The second-order valence-electron chi connectivity index (χ2n) is 7.32. The smallest absolute Gasteiger partial charge is 0.263 e. The van der Waals surface area contributed by atoms with Crippen LogP contribution in [0.15, 0.2) is 59.5 Å². The Morgan fingerprint density at radius 2 is 1.83 bits per heavy atom. The summed E-state index contributed by atoms with van der Waals surface area (Å²) in [6.45, 7) is 6.24. The minimum absolute atomic E-state index is 0.391. The predicted octanol–water partition coefficient (Wildman–Crippen LogP) is 4.36.